The maximum absolute atomic E-state index is 12.1. The van der Waals surface area contributed by atoms with Gasteiger partial charge in [-0.15, -0.1) is 0 Å². The zero-order chi connectivity index (χ0) is 14.0. The van der Waals surface area contributed by atoms with E-state index in [2.05, 4.69) is 29.6 Å². The molecule has 1 aliphatic rings. The Morgan fingerprint density at radius 1 is 1.32 bits per heavy atom. The third-order valence-electron chi connectivity index (χ3n) is 3.91. The van der Waals surface area contributed by atoms with Gasteiger partial charge in [0.25, 0.3) is 0 Å². The molecule has 0 saturated carbocycles. The van der Waals surface area contributed by atoms with Crippen LogP contribution >= 0.6 is 0 Å². The number of carbonyl (C=O) groups is 1. The highest BCUT2D eigenvalue weighted by atomic mass is 16.2. The van der Waals surface area contributed by atoms with Crippen LogP contribution in [0.3, 0.4) is 0 Å². The van der Waals surface area contributed by atoms with Crippen molar-refractivity contribution in [3.05, 3.63) is 35.4 Å². The number of rotatable bonds is 2. The Labute approximate surface area is 115 Å². The molecule has 2 atom stereocenters. The highest BCUT2D eigenvalue weighted by Crippen LogP contribution is 2.22. The number of hydrogen-bond donors (Lipinski definition) is 2. The summed E-state index contributed by atoms with van der Waals surface area (Å²) in [6.45, 7) is 5.98. The van der Waals surface area contributed by atoms with Gasteiger partial charge in [0.15, 0.2) is 0 Å². The third kappa shape index (κ3) is 3.35. The average molecular weight is 260 g/mol. The summed E-state index contributed by atoms with van der Waals surface area (Å²) in [6.07, 6.45) is 2.95. The van der Waals surface area contributed by atoms with Crippen LogP contribution in [0.1, 0.15) is 38.3 Å². The van der Waals surface area contributed by atoms with Gasteiger partial charge in [0, 0.05) is 6.04 Å². The maximum Gasteiger partial charge on any atom is 0.237 e. The van der Waals surface area contributed by atoms with Crippen LogP contribution in [-0.4, -0.2) is 18.0 Å². The number of aryl methyl sites for hydroxylation is 1. The molecule has 3 nitrogen and oxygen atoms in total. The van der Waals surface area contributed by atoms with Gasteiger partial charge in [-0.3, -0.25) is 4.79 Å². The van der Waals surface area contributed by atoms with E-state index in [0.29, 0.717) is 0 Å². The van der Waals surface area contributed by atoms with E-state index in [4.69, 9.17) is 5.73 Å². The average Bonchev–Trinajstić information content (AvgIpc) is 2.36. The van der Waals surface area contributed by atoms with Crippen LogP contribution in [0.4, 0.5) is 0 Å². The first-order valence-electron chi connectivity index (χ1n) is 7.00. The fraction of sp³-hybridized carbons (Fsp3) is 0.562. The molecule has 0 saturated heterocycles. The number of nitrogens with two attached hydrogens (primary N) is 1. The van der Waals surface area contributed by atoms with Crippen molar-refractivity contribution < 1.29 is 4.79 Å². The third-order valence-corrected chi connectivity index (χ3v) is 3.91. The van der Waals surface area contributed by atoms with Gasteiger partial charge in [0.05, 0.1) is 6.04 Å². The van der Waals surface area contributed by atoms with E-state index in [1.807, 2.05) is 20.8 Å². The normalized spacial score (nSPS) is 20.5. The van der Waals surface area contributed by atoms with Crippen LogP contribution in [0.2, 0.25) is 0 Å². The molecule has 1 aliphatic carbocycles. The topological polar surface area (TPSA) is 55.1 Å². The van der Waals surface area contributed by atoms with Crippen molar-refractivity contribution in [2.24, 2.45) is 11.1 Å². The van der Waals surface area contributed by atoms with Crippen LogP contribution < -0.4 is 11.1 Å². The molecule has 0 aromatic heterocycles. The Hall–Kier alpha value is -1.35. The van der Waals surface area contributed by atoms with Gasteiger partial charge in [-0.05, 0) is 35.8 Å². The summed E-state index contributed by atoms with van der Waals surface area (Å²) in [7, 11) is 0. The monoisotopic (exact) mass is 260 g/mol. The number of amides is 1. The van der Waals surface area contributed by atoms with Crippen LogP contribution in [0, 0.1) is 5.41 Å². The highest BCUT2D eigenvalue weighted by Gasteiger charge is 2.29. The van der Waals surface area contributed by atoms with Crippen molar-refractivity contribution in [1.82, 2.24) is 5.32 Å². The minimum absolute atomic E-state index is 0.0307. The Kier molecular flexibility index (Phi) is 3.95. The van der Waals surface area contributed by atoms with E-state index < -0.39 is 6.04 Å². The SMILES string of the molecule is CC(C)(C)[C@H](N)C(=O)NC1CCc2ccccc2C1. The predicted octanol–water partition coefficient (Wildman–Crippen LogP) is 2.03. The highest BCUT2D eigenvalue weighted by molar-refractivity contribution is 5.82. The first kappa shape index (κ1) is 14.1. The first-order valence-corrected chi connectivity index (χ1v) is 7.00. The second-order valence-electron chi connectivity index (χ2n) is 6.56. The summed E-state index contributed by atoms with van der Waals surface area (Å²) in [5.74, 6) is -0.0307. The maximum atomic E-state index is 12.1. The van der Waals surface area contributed by atoms with Gasteiger partial charge >= 0.3 is 0 Å². The molecule has 0 fully saturated rings. The summed E-state index contributed by atoms with van der Waals surface area (Å²) < 4.78 is 0. The molecule has 0 spiro atoms. The van der Waals surface area contributed by atoms with Crippen molar-refractivity contribution in [2.45, 2.75) is 52.1 Å². The standard InChI is InChI=1S/C16H24N2O/c1-16(2,3)14(17)15(19)18-13-9-8-11-6-4-5-7-12(11)10-13/h4-7,13-14H,8-10,17H2,1-3H3,(H,18,19)/t13?,14-/m1/s1. The van der Waals surface area contributed by atoms with Crippen LogP contribution in [-0.2, 0) is 17.6 Å². The van der Waals surface area contributed by atoms with Crippen LogP contribution in [0.25, 0.3) is 0 Å². The lowest BCUT2D eigenvalue weighted by Gasteiger charge is -2.30. The summed E-state index contributed by atoms with van der Waals surface area (Å²) in [5.41, 5.74) is 8.56. The van der Waals surface area contributed by atoms with Gasteiger partial charge in [-0.25, -0.2) is 0 Å². The van der Waals surface area contributed by atoms with Gasteiger partial charge in [0.1, 0.15) is 0 Å². The number of benzene rings is 1. The Bertz CT molecular complexity index is 462. The van der Waals surface area contributed by atoms with Crippen LogP contribution in [0.5, 0.6) is 0 Å². The van der Waals surface area contributed by atoms with Crippen molar-refractivity contribution in [1.29, 1.82) is 0 Å². The smallest absolute Gasteiger partial charge is 0.237 e. The summed E-state index contributed by atoms with van der Waals surface area (Å²) in [5, 5.41) is 3.10. The van der Waals surface area contributed by atoms with Crippen molar-refractivity contribution in [3.63, 3.8) is 0 Å². The van der Waals surface area contributed by atoms with Gasteiger partial charge in [-0.1, -0.05) is 45.0 Å². The molecule has 0 radical (unpaired) electrons. The molecule has 2 rings (SSSR count). The van der Waals surface area contributed by atoms with E-state index >= 15 is 0 Å². The minimum Gasteiger partial charge on any atom is -0.352 e. The quantitative estimate of drug-likeness (QED) is 0.855. The summed E-state index contributed by atoms with van der Waals surface area (Å²) >= 11 is 0. The second-order valence-corrected chi connectivity index (χ2v) is 6.56. The number of nitrogens with one attached hydrogen (secondary N) is 1. The lowest BCUT2D eigenvalue weighted by atomic mass is 9.85. The molecular weight excluding hydrogens is 236 g/mol. The molecule has 3 N–H and O–H groups in total. The van der Waals surface area contributed by atoms with E-state index in [-0.39, 0.29) is 17.4 Å². The Morgan fingerprint density at radius 3 is 2.58 bits per heavy atom. The lowest BCUT2D eigenvalue weighted by molar-refractivity contribution is -0.125. The van der Waals surface area contributed by atoms with Gasteiger partial charge < -0.3 is 11.1 Å². The molecule has 104 valence electrons. The molecule has 19 heavy (non-hydrogen) atoms. The first-order chi connectivity index (χ1) is 8.88. The second kappa shape index (κ2) is 5.33. The molecule has 1 amide bonds. The Morgan fingerprint density at radius 2 is 1.95 bits per heavy atom. The molecule has 0 heterocycles. The molecule has 0 aliphatic heterocycles. The van der Waals surface area contributed by atoms with E-state index in [0.717, 1.165) is 19.3 Å². The summed E-state index contributed by atoms with van der Waals surface area (Å²) in [4.78, 5) is 12.1. The van der Waals surface area contributed by atoms with E-state index in [9.17, 15) is 4.79 Å². The van der Waals surface area contributed by atoms with Gasteiger partial charge in [-0.2, -0.15) is 0 Å². The molecule has 1 aromatic carbocycles. The largest absolute Gasteiger partial charge is 0.352 e. The van der Waals surface area contributed by atoms with Crippen molar-refractivity contribution in [3.8, 4) is 0 Å². The van der Waals surface area contributed by atoms with Crippen molar-refractivity contribution in [2.75, 3.05) is 0 Å². The summed E-state index contributed by atoms with van der Waals surface area (Å²) in [6, 6.07) is 8.23. The molecule has 1 unspecified atom stereocenters. The number of fused-ring (bicyclic) bond motifs is 1. The van der Waals surface area contributed by atoms with Gasteiger partial charge in [0.2, 0.25) is 5.91 Å². The molecule has 3 heteroatoms. The number of carbonyl (C=O) groups excluding carboxylic acids is 1. The predicted molar refractivity (Wildman–Crippen MR) is 77.8 cm³/mol. The molecule has 0 bridgehead atoms. The fourth-order valence-electron chi connectivity index (χ4n) is 2.51. The van der Waals surface area contributed by atoms with Crippen molar-refractivity contribution >= 4 is 5.91 Å². The van der Waals surface area contributed by atoms with Crippen LogP contribution in [0.15, 0.2) is 24.3 Å². The van der Waals surface area contributed by atoms with E-state index in [1.165, 1.54) is 11.1 Å². The lowest BCUT2D eigenvalue weighted by Crippen LogP contribution is -2.52. The zero-order valence-corrected chi connectivity index (χ0v) is 12.1. The van der Waals surface area contributed by atoms with E-state index in [1.54, 1.807) is 0 Å². The molecular formula is C16H24N2O. The number of hydrogen-bond acceptors (Lipinski definition) is 2. The molecule has 1 aromatic rings. The Balaban J connectivity index is 1.98. The fourth-order valence-corrected chi connectivity index (χ4v) is 2.51. The minimum atomic E-state index is -0.454. The zero-order valence-electron chi connectivity index (χ0n) is 12.1.